The van der Waals surface area contributed by atoms with Crippen LogP contribution in [0.1, 0.15) is 5.89 Å². The van der Waals surface area contributed by atoms with Crippen LogP contribution in [0.5, 0.6) is 11.5 Å². The third-order valence-corrected chi connectivity index (χ3v) is 3.30. The van der Waals surface area contributed by atoms with Crippen LogP contribution in [-0.4, -0.2) is 24.4 Å². The number of aromatic nitrogens is 2. The van der Waals surface area contributed by atoms with Crippen LogP contribution in [0.3, 0.4) is 0 Å². The lowest BCUT2D eigenvalue weighted by atomic mass is 10.2. The van der Waals surface area contributed by atoms with Crippen molar-refractivity contribution in [1.29, 1.82) is 0 Å². The zero-order valence-electron chi connectivity index (χ0n) is 12.9. The van der Waals surface area contributed by atoms with E-state index in [2.05, 4.69) is 15.5 Å². The molecule has 118 valence electrons. The fourth-order valence-corrected chi connectivity index (χ4v) is 2.11. The second-order valence-electron chi connectivity index (χ2n) is 4.82. The van der Waals surface area contributed by atoms with E-state index >= 15 is 0 Å². The topological polar surface area (TPSA) is 69.4 Å². The average molecular weight is 311 g/mol. The van der Waals surface area contributed by atoms with Gasteiger partial charge in [0.1, 0.15) is 11.5 Å². The number of methoxy groups -OCH3 is 2. The van der Waals surface area contributed by atoms with Crippen LogP contribution in [0.15, 0.2) is 52.9 Å². The molecular weight excluding hydrogens is 294 g/mol. The second kappa shape index (κ2) is 6.83. The van der Waals surface area contributed by atoms with Crippen LogP contribution in [0.2, 0.25) is 0 Å². The normalized spacial score (nSPS) is 10.3. The van der Waals surface area contributed by atoms with Crippen LogP contribution in [0.25, 0.3) is 11.5 Å². The standard InChI is InChI=1S/C17H17N3O3/c1-21-14-7-3-5-12(9-14)17-20-19-16(23-17)11-18-13-6-4-8-15(10-13)22-2/h3-10,18H,11H2,1-2H3. The molecule has 6 nitrogen and oxygen atoms in total. The minimum Gasteiger partial charge on any atom is -0.497 e. The smallest absolute Gasteiger partial charge is 0.247 e. The molecule has 0 bridgehead atoms. The van der Waals surface area contributed by atoms with Crippen LogP contribution < -0.4 is 14.8 Å². The Bertz CT molecular complexity index is 786. The fourth-order valence-electron chi connectivity index (χ4n) is 2.11. The number of benzene rings is 2. The van der Waals surface area contributed by atoms with Crippen molar-refractivity contribution in [2.24, 2.45) is 0 Å². The van der Waals surface area contributed by atoms with Gasteiger partial charge in [0.15, 0.2) is 0 Å². The maximum Gasteiger partial charge on any atom is 0.247 e. The van der Waals surface area contributed by atoms with Gasteiger partial charge in [0.25, 0.3) is 0 Å². The third kappa shape index (κ3) is 3.60. The molecule has 2 aromatic carbocycles. The molecule has 0 aliphatic heterocycles. The molecule has 23 heavy (non-hydrogen) atoms. The quantitative estimate of drug-likeness (QED) is 0.752. The molecule has 0 amide bonds. The van der Waals surface area contributed by atoms with Gasteiger partial charge < -0.3 is 19.2 Å². The van der Waals surface area contributed by atoms with Crippen molar-refractivity contribution in [3.8, 4) is 23.0 Å². The number of hydrogen-bond donors (Lipinski definition) is 1. The number of ether oxygens (including phenoxy) is 2. The van der Waals surface area contributed by atoms with Gasteiger partial charge in [0.2, 0.25) is 11.8 Å². The van der Waals surface area contributed by atoms with Gasteiger partial charge in [-0.3, -0.25) is 0 Å². The van der Waals surface area contributed by atoms with Gasteiger partial charge in [-0.1, -0.05) is 12.1 Å². The first-order valence-corrected chi connectivity index (χ1v) is 7.13. The van der Waals surface area contributed by atoms with Crippen molar-refractivity contribution in [2.45, 2.75) is 6.54 Å². The fraction of sp³-hybridized carbons (Fsp3) is 0.176. The molecule has 1 N–H and O–H groups in total. The van der Waals surface area contributed by atoms with E-state index in [9.17, 15) is 0 Å². The van der Waals surface area contributed by atoms with Gasteiger partial charge in [-0.25, -0.2) is 0 Å². The number of nitrogens with one attached hydrogen (secondary N) is 1. The van der Waals surface area contributed by atoms with Crippen LogP contribution in [0.4, 0.5) is 5.69 Å². The van der Waals surface area contributed by atoms with Gasteiger partial charge in [0.05, 0.1) is 20.8 Å². The van der Waals surface area contributed by atoms with Crippen molar-refractivity contribution in [3.63, 3.8) is 0 Å². The zero-order chi connectivity index (χ0) is 16.1. The summed E-state index contributed by atoms with van der Waals surface area (Å²) in [6.07, 6.45) is 0. The monoisotopic (exact) mass is 311 g/mol. The largest absolute Gasteiger partial charge is 0.497 e. The minimum atomic E-state index is 0.435. The van der Waals surface area contributed by atoms with Gasteiger partial charge >= 0.3 is 0 Å². The summed E-state index contributed by atoms with van der Waals surface area (Å²) in [5.74, 6) is 2.51. The minimum absolute atomic E-state index is 0.435. The summed E-state index contributed by atoms with van der Waals surface area (Å²) in [5, 5.41) is 11.3. The SMILES string of the molecule is COc1cccc(NCc2nnc(-c3cccc(OC)c3)o2)c1. The number of nitrogens with zero attached hydrogens (tertiary/aromatic N) is 2. The Labute approximate surface area is 134 Å². The molecule has 0 aliphatic carbocycles. The van der Waals surface area contributed by atoms with Gasteiger partial charge in [0, 0.05) is 17.3 Å². The maximum absolute atomic E-state index is 5.68. The van der Waals surface area contributed by atoms with E-state index in [0.29, 0.717) is 18.3 Å². The molecular formula is C17H17N3O3. The molecule has 0 unspecified atom stereocenters. The van der Waals surface area contributed by atoms with Crippen molar-refractivity contribution in [2.75, 3.05) is 19.5 Å². The van der Waals surface area contributed by atoms with Crippen LogP contribution >= 0.6 is 0 Å². The van der Waals surface area contributed by atoms with E-state index in [0.717, 1.165) is 22.7 Å². The maximum atomic E-state index is 5.68. The Balaban J connectivity index is 1.69. The first-order valence-electron chi connectivity index (χ1n) is 7.13. The Morgan fingerprint density at radius 1 is 0.957 bits per heavy atom. The molecule has 0 saturated heterocycles. The molecule has 0 saturated carbocycles. The Morgan fingerprint density at radius 3 is 2.48 bits per heavy atom. The van der Waals surface area contributed by atoms with Crippen molar-refractivity contribution >= 4 is 5.69 Å². The lowest BCUT2D eigenvalue weighted by molar-refractivity contribution is 0.414. The third-order valence-electron chi connectivity index (χ3n) is 3.30. The number of hydrogen-bond acceptors (Lipinski definition) is 6. The van der Waals surface area contributed by atoms with E-state index < -0.39 is 0 Å². The second-order valence-corrected chi connectivity index (χ2v) is 4.82. The van der Waals surface area contributed by atoms with E-state index in [1.807, 2.05) is 48.5 Å². The molecule has 3 rings (SSSR count). The highest BCUT2D eigenvalue weighted by Gasteiger charge is 2.09. The van der Waals surface area contributed by atoms with Gasteiger partial charge in [-0.05, 0) is 30.3 Å². The Morgan fingerprint density at radius 2 is 1.70 bits per heavy atom. The summed E-state index contributed by atoms with van der Waals surface area (Å²) >= 11 is 0. The summed E-state index contributed by atoms with van der Waals surface area (Å²) in [6.45, 7) is 0.435. The summed E-state index contributed by atoms with van der Waals surface area (Å²) < 4.78 is 16.1. The molecule has 1 aromatic heterocycles. The summed E-state index contributed by atoms with van der Waals surface area (Å²) in [6, 6.07) is 15.1. The van der Waals surface area contributed by atoms with Crippen molar-refractivity contribution in [3.05, 3.63) is 54.4 Å². The van der Waals surface area contributed by atoms with Gasteiger partial charge in [-0.15, -0.1) is 10.2 Å². The molecule has 6 heteroatoms. The predicted molar refractivity (Wildman–Crippen MR) is 86.6 cm³/mol. The van der Waals surface area contributed by atoms with Gasteiger partial charge in [-0.2, -0.15) is 0 Å². The molecule has 0 aliphatic rings. The molecule has 3 aromatic rings. The van der Waals surface area contributed by atoms with Crippen LogP contribution in [-0.2, 0) is 6.54 Å². The lowest BCUT2D eigenvalue weighted by Crippen LogP contribution is -1.99. The van der Waals surface area contributed by atoms with Crippen molar-refractivity contribution < 1.29 is 13.9 Å². The van der Waals surface area contributed by atoms with E-state index in [4.69, 9.17) is 13.9 Å². The van der Waals surface area contributed by atoms with Crippen LogP contribution in [0, 0.1) is 0 Å². The summed E-state index contributed by atoms with van der Waals surface area (Å²) in [5.41, 5.74) is 1.75. The Kier molecular flexibility index (Phi) is 4.42. The average Bonchev–Trinajstić information content (AvgIpc) is 3.09. The molecule has 0 radical (unpaired) electrons. The summed E-state index contributed by atoms with van der Waals surface area (Å²) in [4.78, 5) is 0. The van der Waals surface area contributed by atoms with E-state index in [-0.39, 0.29) is 0 Å². The molecule has 0 spiro atoms. The molecule has 1 heterocycles. The van der Waals surface area contributed by atoms with Crippen molar-refractivity contribution in [1.82, 2.24) is 10.2 Å². The molecule has 0 atom stereocenters. The predicted octanol–water partition coefficient (Wildman–Crippen LogP) is 3.37. The van der Waals surface area contributed by atoms with E-state index in [1.54, 1.807) is 14.2 Å². The first-order chi connectivity index (χ1) is 11.3. The van der Waals surface area contributed by atoms with E-state index in [1.165, 1.54) is 0 Å². The Hall–Kier alpha value is -3.02. The summed E-state index contributed by atoms with van der Waals surface area (Å²) in [7, 11) is 3.26. The highest BCUT2D eigenvalue weighted by atomic mass is 16.5. The first kappa shape index (κ1) is 14.9. The lowest BCUT2D eigenvalue weighted by Gasteiger charge is -2.05. The number of rotatable bonds is 6. The molecule has 0 fully saturated rings. The highest BCUT2D eigenvalue weighted by Crippen LogP contribution is 2.23. The highest BCUT2D eigenvalue weighted by molar-refractivity contribution is 5.55. The number of anilines is 1. The zero-order valence-corrected chi connectivity index (χ0v) is 12.9.